The van der Waals surface area contributed by atoms with E-state index in [1.54, 1.807) is 0 Å². The second-order valence-corrected chi connectivity index (χ2v) is 8.02. The molecule has 2 heterocycles. The summed E-state index contributed by atoms with van der Waals surface area (Å²) in [7, 11) is 0. The van der Waals surface area contributed by atoms with Gasteiger partial charge in [-0.3, -0.25) is 4.90 Å². The summed E-state index contributed by atoms with van der Waals surface area (Å²) < 4.78 is 5.47. The van der Waals surface area contributed by atoms with Gasteiger partial charge in [0.15, 0.2) is 0 Å². The zero-order chi connectivity index (χ0) is 17.0. The molecule has 0 atom stereocenters. The lowest BCUT2D eigenvalue weighted by Gasteiger charge is -2.41. The van der Waals surface area contributed by atoms with E-state index in [1.165, 1.54) is 11.3 Å². The van der Waals surface area contributed by atoms with Crippen LogP contribution < -0.4 is 10.2 Å². The third-order valence-corrected chi connectivity index (χ3v) is 5.17. The highest BCUT2D eigenvalue weighted by Crippen LogP contribution is 2.19. The van der Waals surface area contributed by atoms with Crippen molar-refractivity contribution in [3.05, 3.63) is 29.8 Å². The van der Waals surface area contributed by atoms with E-state index in [0.717, 1.165) is 58.8 Å². The van der Waals surface area contributed by atoms with Crippen LogP contribution in [0, 0.1) is 6.92 Å². The minimum Gasteiger partial charge on any atom is -0.381 e. The van der Waals surface area contributed by atoms with Crippen molar-refractivity contribution in [3.8, 4) is 0 Å². The summed E-state index contributed by atoms with van der Waals surface area (Å²) in [5.41, 5.74) is 2.87. The summed E-state index contributed by atoms with van der Waals surface area (Å²) >= 11 is 0. The lowest BCUT2D eigenvalue weighted by Crippen LogP contribution is -2.57. The highest BCUT2D eigenvalue weighted by Gasteiger charge is 2.27. The number of ether oxygens (including phenoxy) is 1. The van der Waals surface area contributed by atoms with Crippen LogP contribution in [0.2, 0.25) is 0 Å². The molecule has 1 aromatic rings. The second kappa shape index (κ2) is 7.85. The summed E-state index contributed by atoms with van der Waals surface area (Å²) in [4.78, 5) is 5.13. The Morgan fingerprint density at radius 3 is 2.50 bits per heavy atom. The minimum atomic E-state index is 0.160. The smallest absolute Gasteiger partial charge is 0.0480 e. The Kier molecular flexibility index (Phi) is 5.80. The number of rotatable bonds is 5. The maximum absolute atomic E-state index is 5.47. The van der Waals surface area contributed by atoms with E-state index < -0.39 is 0 Å². The third-order valence-electron chi connectivity index (χ3n) is 5.17. The van der Waals surface area contributed by atoms with Gasteiger partial charge in [0.25, 0.3) is 0 Å². The van der Waals surface area contributed by atoms with Gasteiger partial charge in [0.1, 0.15) is 0 Å². The largest absolute Gasteiger partial charge is 0.381 e. The number of nitrogens with zero attached hydrogens (tertiary/aromatic N) is 2. The molecule has 0 spiro atoms. The molecule has 0 unspecified atom stereocenters. The Hall–Kier alpha value is -1.10. The van der Waals surface area contributed by atoms with Gasteiger partial charge in [-0.15, -0.1) is 0 Å². The molecule has 0 aliphatic carbocycles. The molecule has 2 saturated heterocycles. The van der Waals surface area contributed by atoms with Crippen LogP contribution in [0.15, 0.2) is 24.3 Å². The van der Waals surface area contributed by atoms with Crippen LogP contribution in [0.4, 0.5) is 5.69 Å². The monoisotopic (exact) mass is 331 g/mol. The van der Waals surface area contributed by atoms with E-state index in [2.05, 4.69) is 60.2 Å². The molecule has 1 aromatic carbocycles. The predicted octanol–water partition coefficient (Wildman–Crippen LogP) is 2.66. The fraction of sp³-hybridized carbons (Fsp3) is 0.700. The first-order valence-corrected chi connectivity index (χ1v) is 9.41. The number of benzene rings is 1. The maximum atomic E-state index is 5.47. The minimum absolute atomic E-state index is 0.160. The molecule has 24 heavy (non-hydrogen) atoms. The fourth-order valence-electron chi connectivity index (χ4n) is 3.99. The third kappa shape index (κ3) is 4.95. The number of piperazine rings is 1. The van der Waals surface area contributed by atoms with Gasteiger partial charge in [-0.25, -0.2) is 0 Å². The molecule has 2 aliphatic rings. The highest BCUT2D eigenvalue weighted by molar-refractivity contribution is 5.48. The average Bonchev–Trinajstić information content (AvgIpc) is 2.55. The number of hydrogen-bond donors (Lipinski definition) is 1. The fourth-order valence-corrected chi connectivity index (χ4v) is 3.99. The molecule has 0 amide bonds. The first-order chi connectivity index (χ1) is 11.5. The molecule has 134 valence electrons. The van der Waals surface area contributed by atoms with Crippen molar-refractivity contribution in [2.24, 2.45) is 0 Å². The molecule has 0 bridgehead atoms. The van der Waals surface area contributed by atoms with Crippen LogP contribution in [-0.4, -0.2) is 62.4 Å². The molecule has 4 heteroatoms. The molecule has 1 N–H and O–H groups in total. The average molecular weight is 332 g/mol. The zero-order valence-corrected chi connectivity index (χ0v) is 15.6. The van der Waals surface area contributed by atoms with E-state index in [1.807, 2.05) is 0 Å². The maximum Gasteiger partial charge on any atom is 0.0480 e. The van der Waals surface area contributed by atoms with Crippen molar-refractivity contribution in [1.29, 1.82) is 0 Å². The molecule has 3 rings (SSSR count). The Morgan fingerprint density at radius 1 is 1.12 bits per heavy atom. The van der Waals surface area contributed by atoms with E-state index in [-0.39, 0.29) is 5.54 Å². The lowest BCUT2D eigenvalue weighted by atomic mass is 9.99. The first kappa shape index (κ1) is 17.7. The summed E-state index contributed by atoms with van der Waals surface area (Å²) in [6.45, 7) is 14.3. The van der Waals surface area contributed by atoms with Gasteiger partial charge in [0, 0.05) is 63.2 Å². The van der Waals surface area contributed by atoms with Crippen LogP contribution in [0.5, 0.6) is 0 Å². The Labute approximate surface area is 147 Å². The van der Waals surface area contributed by atoms with Crippen LogP contribution in [-0.2, 0) is 4.74 Å². The zero-order valence-electron chi connectivity index (χ0n) is 15.6. The standard InChI is InChI=1S/C20H33N3O/c1-17-5-4-6-19(15-17)23-11-9-22(10-12-23)16-20(2,3)21-18-7-13-24-14-8-18/h4-6,15,18,21H,7-14,16H2,1-3H3. The Bertz CT molecular complexity index is 517. The first-order valence-electron chi connectivity index (χ1n) is 9.41. The SMILES string of the molecule is Cc1cccc(N2CCN(CC(C)(C)NC3CCOCC3)CC2)c1. The van der Waals surface area contributed by atoms with Gasteiger partial charge < -0.3 is 15.0 Å². The summed E-state index contributed by atoms with van der Waals surface area (Å²) in [5, 5.41) is 3.86. The Morgan fingerprint density at radius 2 is 1.83 bits per heavy atom. The molecular formula is C20H33N3O. The molecule has 0 aromatic heterocycles. The van der Waals surface area contributed by atoms with Gasteiger partial charge in [0.05, 0.1) is 0 Å². The molecule has 2 fully saturated rings. The summed E-state index contributed by atoms with van der Waals surface area (Å²) in [6, 6.07) is 9.48. The van der Waals surface area contributed by atoms with Gasteiger partial charge in [-0.1, -0.05) is 12.1 Å². The van der Waals surface area contributed by atoms with Gasteiger partial charge in [0.2, 0.25) is 0 Å². The van der Waals surface area contributed by atoms with Crippen LogP contribution >= 0.6 is 0 Å². The summed E-state index contributed by atoms with van der Waals surface area (Å²) in [5.74, 6) is 0. The number of nitrogens with one attached hydrogen (secondary N) is 1. The van der Waals surface area contributed by atoms with Crippen LogP contribution in [0.1, 0.15) is 32.3 Å². The van der Waals surface area contributed by atoms with Crippen molar-refractivity contribution < 1.29 is 4.74 Å². The van der Waals surface area contributed by atoms with Crippen molar-refractivity contribution in [2.45, 2.75) is 45.2 Å². The molecule has 2 aliphatic heterocycles. The number of aryl methyl sites for hydroxylation is 1. The van der Waals surface area contributed by atoms with E-state index in [9.17, 15) is 0 Å². The molecule has 0 saturated carbocycles. The topological polar surface area (TPSA) is 27.7 Å². The van der Waals surface area contributed by atoms with Crippen molar-refractivity contribution >= 4 is 5.69 Å². The van der Waals surface area contributed by atoms with Crippen molar-refractivity contribution in [3.63, 3.8) is 0 Å². The van der Waals surface area contributed by atoms with Crippen LogP contribution in [0.3, 0.4) is 0 Å². The lowest BCUT2D eigenvalue weighted by molar-refractivity contribution is 0.0655. The quantitative estimate of drug-likeness (QED) is 0.898. The van der Waals surface area contributed by atoms with E-state index in [4.69, 9.17) is 4.74 Å². The predicted molar refractivity (Wildman–Crippen MR) is 101 cm³/mol. The normalized spacial score (nSPS) is 21.2. The molecular weight excluding hydrogens is 298 g/mol. The van der Waals surface area contributed by atoms with Crippen molar-refractivity contribution in [1.82, 2.24) is 10.2 Å². The number of anilines is 1. The van der Waals surface area contributed by atoms with Gasteiger partial charge in [-0.2, -0.15) is 0 Å². The highest BCUT2D eigenvalue weighted by atomic mass is 16.5. The van der Waals surface area contributed by atoms with E-state index >= 15 is 0 Å². The van der Waals surface area contributed by atoms with Crippen LogP contribution in [0.25, 0.3) is 0 Å². The van der Waals surface area contributed by atoms with E-state index in [0.29, 0.717) is 6.04 Å². The van der Waals surface area contributed by atoms with Gasteiger partial charge >= 0.3 is 0 Å². The summed E-state index contributed by atoms with van der Waals surface area (Å²) in [6.07, 6.45) is 2.29. The Balaban J connectivity index is 1.47. The molecule has 4 nitrogen and oxygen atoms in total. The van der Waals surface area contributed by atoms with Gasteiger partial charge in [-0.05, 0) is 51.3 Å². The second-order valence-electron chi connectivity index (χ2n) is 8.02. The van der Waals surface area contributed by atoms with Crippen molar-refractivity contribution in [2.75, 3.05) is 50.8 Å². The number of hydrogen-bond acceptors (Lipinski definition) is 4. The molecule has 0 radical (unpaired) electrons.